The molecule has 0 saturated carbocycles. The van der Waals surface area contributed by atoms with E-state index in [0.29, 0.717) is 23.7 Å². The Kier molecular flexibility index (Phi) is 12.9. The van der Waals surface area contributed by atoms with Gasteiger partial charge in [-0.25, -0.2) is 8.42 Å². The smallest absolute Gasteiger partial charge is 0.243 e. The molecular formula is C32H39BrClN3O4S. The van der Waals surface area contributed by atoms with Gasteiger partial charge in [-0.1, -0.05) is 89.4 Å². The number of aryl methyl sites for hydroxylation is 1. The van der Waals surface area contributed by atoms with Crippen LogP contribution in [0.3, 0.4) is 0 Å². The van der Waals surface area contributed by atoms with E-state index in [-0.39, 0.29) is 37.7 Å². The summed E-state index contributed by atoms with van der Waals surface area (Å²) < 4.78 is 27.6. The fourth-order valence-electron chi connectivity index (χ4n) is 4.73. The summed E-state index contributed by atoms with van der Waals surface area (Å²) in [6.45, 7) is 4.74. The summed E-state index contributed by atoms with van der Waals surface area (Å²) in [5.74, 6) is -0.430. The summed E-state index contributed by atoms with van der Waals surface area (Å²) in [7, 11) is -3.63. The first-order valence-electron chi connectivity index (χ1n) is 14.1. The van der Waals surface area contributed by atoms with Gasteiger partial charge in [0, 0.05) is 42.0 Å². The largest absolute Gasteiger partial charge is 0.354 e. The molecule has 0 heterocycles. The van der Waals surface area contributed by atoms with Crippen LogP contribution in [0.25, 0.3) is 0 Å². The topological polar surface area (TPSA) is 86.8 Å². The van der Waals surface area contributed by atoms with E-state index < -0.39 is 16.1 Å². The van der Waals surface area contributed by atoms with Crippen LogP contribution in [-0.2, 0) is 32.6 Å². The van der Waals surface area contributed by atoms with E-state index in [4.69, 9.17) is 11.6 Å². The van der Waals surface area contributed by atoms with Gasteiger partial charge in [-0.05, 0) is 60.7 Å². The molecule has 0 spiro atoms. The number of sulfonamides is 1. The molecule has 0 aliphatic carbocycles. The molecule has 0 aliphatic heterocycles. The Labute approximate surface area is 263 Å². The number of hydrogen-bond donors (Lipinski definition) is 1. The zero-order valence-electron chi connectivity index (χ0n) is 24.4. The van der Waals surface area contributed by atoms with Crippen molar-refractivity contribution in [2.45, 2.75) is 58.5 Å². The Balaban J connectivity index is 1.89. The molecule has 0 saturated heterocycles. The van der Waals surface area contributed by atoms with E-state index in [2.05, 4.69) is 28.2 Å². The molecule has 3 aromatic carbocycles. The molecule has 2 amide bonds. The van der Waals surface area contributed by atoms with E-state index in [0.717, 1.165) is 40.3 Å². The second-order valence-electron chi connectivity index (χ2n) is 10.4. The van der Waals surface area contributed by atoms with Gasteiger partial charge in [0.25, 0.3) is 0 Å². The first-order valence-corrected chi connectivity index (χ1v) is 17.1. The van der Waals surface area contributed by atoms with Gasteiger partial charge in [-0.2, -0.15) is 0 Å². The third-order valence-corrected chi connectivity index (χ3v) is 8.84. The Morgan fingerprint density at radius 1 is 0.976 bits per heavy atom. The molecule has 42 heavy (non-hydrogen) atoms. The number of carbonyl (C=O) groups is 2. The summed E-state index contributed by atoms with van der Waals surface area (Å²) in [6, 6.07) is 21.7. The van der Waals surface area contributed by atoms with Gasteiger partial charge >= 0.3 is 0 Å². The van der Waals surface area contributed by atoms with E-state index in [1.54, 1.807) is 23.1 Å². The number of halogens is 2. The van der Waals surface area contributed by atoms with Crippen LogP contribution < -0.4 is 9.62 Å². The van der Waals surface area contributed by atoms with E-state index in [1.165, 1.54) is 4.31 Å². The van der Waals surface area contributed by atoms with E-state index >= 15 is 0 Å². The zero-order chi connectivity index (χ0) is 30.7. The number of carbonyl (C=O) groups excluding carboxylic acids is 2. The third-order valence-electron chi connectivity index (χ3n) is 6.93. The minimum Gasteiger partial charge on any atom is -0.354 e. The van der Waals surface area contributed by atoms with E-state index in [9.17, 15) is 18.0 Å². The maximum absolute atomic E-state index is 13.9. The van der Waals surface area contributed by atoms with Crippen LogP contribution in [-0.4, -0.2) is 50.5 Å². The van der Waals surface area contributed by atoms with Crippen LogP contribution >= 0.6 is 27.5 Å². The molecule has 10 heteroatoms. The highest BCUT2D eigenvalue weighted by Crippen LogP contribution is 2.27. The van der Waals surface area contributed by atoms with Gasteiger partial charge < -0.3 is 10.2 Å². The minimum absolute atomic E-state index is 0.0627. The molecule has 0 aliphatic rings. The molecule has 3 rings (SSSR count). The Morgan fingerprint density at radius 2 is 1.69 bits per heavy atom. The Bertz CT molecular complexity index is 1450. The summed E-state index contributed by atoms with van der Waals surface area (Å²) in [6.07, 6.45) is 3.61. The normalized spacial score (nSPS) is 12.0. The second kappa shape index (κ2) is 16.1. The number of hydrogen-bond acceptors (Lipinski definition) is 4. The van der Waals surface area contributed by atoms with Crippen molar-refractivity contribution in [3.63, 3.8) is 0 Å². The lowest BCUT2D eigenvalue weighted by atomic mass is 10.0. The van der Waals surface area contributed by atoms with Crippen molar-refractivity contribution in [2.24, 2.45) is 0 Å². The monoisotopic (exact) mass is 675 g/mol. The molecule has 0 fully saturated rings. The van der Waals surface area contributed by atoms with Crippen LogP contribution in [0.5, 0.6) is 0 Å². The van der Waals surface area contributed by atoms with Gasteiger partial charge in [0.05, 0.1) is 11.9 Å². The quantitative estimate of drug-likeness (QED) is 0.186. The first-order chi connectivity index (χ1) is 20.0. The molecule has 3 aromatic rings. The van der Waals surface area contributed by atoms with Gasteiger partial charge in [0.15, 0.2) is 0 Å². The van der Waals surface area contributed by atoms with Crippen LogP contribution in [0, 0.1) is 6.92 Å². The lowest BCUT2D eigenvalue weighted by Gasteiger charge is -2.32. The van der Waals surface area contributed by atoms with Crippen molar-refractivity contribution in [3.05, 3.63) is 99.0 Å². The predicted octanol–water partition coefficient (Wildman–Crippen LogP) is 6.51. The molecule has 7 nitrogen and oxygen atoms in total. The minimum atomic E-state index is -3.63. The van der Waals surface area contributed by atoms with Crippen molar-refractivity contribution < 1.29 is 18.0 Å². The maximum Gasteiger partial charge on any atom is 0.243 e. The average Bonchev–Trinajstić information content (AvgIpc) is 2.94. The van der Waals surface area contributed by atoms with Gasteiger partial charge in [0.1, 0.15) is 6.04 Å². The lowest BCUT2D eigenvalue weighted by Crippen LogP contribution is -2.50. The van der Waals surface area contributed by atoms with Crippen molar-refractivity contribution in [2.75, 3.05) is 23.7 Å². The summed E-state index contributed by atoms with van der Waals surface area (Å²) in [5.41, 5.74) is 3.07. The first kappa shape index (κ1) is 33.6. The van der Waals surface area contributed by atoms with Crippen molar-refractivity contribution in [3.8, 4) is 0 Å². The third kappa shape index (κ3) is 10.1. The van der Waals surface area contributed by atoms with Crippen LogP contribution in [0.15, 0.2) is 77.3 Å². The van der Waals surface area contributed by atoms with Gasteiger partial charge in [0.2, 0.25) is 21.8 Å². The van der Waals surface area contributed by atoms with Crippen LogP contribution in [0.4, 0.5) is 5.69 Å². The number of nitrogens with one attached hydrogen (secondary N) is 1. The Hall–Kier alpha value is -2.88. The maximum atomic E-state index is 13.9. The molecular weight excluding hydrogens is 638 g/mol. The number of unbranched alkanes of at least 4 members (excludes halogenated alkanes) is 1. The summed E-state index contributed by atoms with van der Waals surface area (Å²) >= 11 is 9.68. The fraction of sp³-hybridized carbons (Fsp3) is 0.375. The molecule has 1 atom stereocenters. The molecule has 0 unspecified atom stereocenters. The van der Waals surface area contributed by atoms with Gasteiger partial charge in [-0.15, -0.1) is 0 Å². The SMILES string of the molecule is CCCCNC(=O)[C@@H](Cc1ccccc1)N(Cc1cccc(Br)c1)C(=O)CCCN(c1cc(Cl)ccc1C)S(C)(=O)=O. The molecule has 226 valence electrons. The van der Waals surface area contributed by atoms with Crippen LogP contribution in [0.2, 0.25) is 5.02 Å². The molecule has 0 radical (unpaired) electrons. The predicted molar refractivity (Wildman–Crippen MR) is 174 cm³/mol. The summed E-state index contributed by atoms with van der Waals surface area (Å²) in [4.78, 5) is 29.1. The van der Waals surface area contributed by atoms with Crippen molar-refractivity contribution in [1.29, 1.82) is 0 Å². The number of anilines is 1. The highest BCUT2D eigenvalue weighted by molar-refractivity contribution is 9.10. The zero-order valence-corrected chi connectivity index (χ0v) is 27.5. The number of benzene rings is 3. The highest BCUT2D eigenvalue weighted by atomic mass is 79.9. The van der Waals surface area contributed by atoms with Gasteiger partial charge in [-0.3, -0.25) is 13.9 Å². The lowest BCUT2D eigenvalue weighted by molar-refractivity contribution is -0.141. The molecule has 0 aromatic heterocycles. The molecule has 0 bridgehead atoms. The Morgan fingerprint density at radius 3 is 2.36 bits per heavy atom. The standard InChI is InChI=1S/C32H39BrClN3O4S/c1-4-5-18-35-32(39)30(21-25-11-7-6-8-12-25)36(23-26-13-9-14-27(33)20-26)31(38)15-10-19-37(42(3,40)41)29-22-28(34)17-16-24(29)2/h6-9,11-14,16-17,20,22,30H,4-5,10,15,18-19,21,23H2,1-3H3,(H,35,39)/t30-/m1/s1. The molecule has 1 N–H and O–H groups in total. The number of nitrogens with zero attached hydrogens (tertiary/aromatic N) is 2. The van der Waals surface area contributed by atoms with Crippen molar-refractivity contribution in [1.82, 2.24) is 10.2 Å². The highest BCUT2D eigenvalue weighted by Gasteiger charge is 2.30. The number of rotatable bonds is 15. The summed E-state index contributed by atoms with van der Waals surface area (Å²) in [5, 5.41) is 3.45. The number of amides is 2. The fourth-order valence-corrected chi connectivity index (χ4v) is 6.35. The van der Waals surface area contributed by atoms with Crippen LogP contribution in [0.1, 0.15) is 49.3 Å². The van der Waals surface area contributed by atoms with Crippen molar-refractivity contribution >= 4 is 55.1 Å². The average molecular weight is 677 g/mol. The second-order valence-corrected chi connectivity index (χ2v) is 13.6. The van der Waals surface area contributed by atoms with E-state index in [1.807, 2.05) is 61.5 Å².